The minimum absolute atomic E-state index is 0.590. The normalized spacial score (nSPS) is 9.85. The topological polar surface area (TPSA) is 45.8 Å². The van der Waals surface area contributed by atoms with Crippen LogP contribution in [-0.4, -0.2) is 16.3 Å². The Hall–Kier alpha value is -1.90. The highest BCUT2D eigenvalue weighted by Crippen LogP contribution is 2.15. The maximum atomic E-state index is 10.5. The second kappa shape index (κ2) is 3.23. The molecule has 13 heavy (non-hydrogen) atoms. The number of carbonyl (C=O) groups is 1. The van der Waals surface area contributed by atoms with Crippen molar-refractivity contribution in [1.29, 1.82) is 0 Å². The summed E-state index contributed by atoms with van der Waals surface area (Å²) >= 11 is 0. The lowest BCUT2D eigenvalue weighted by Gasteiger charge is -1.96. The molecule has 0 aromatic carbocycles. The van der Waals surface area contributed by atoms with Gasteiger partial charge in [0.25, 0.3) is 0 Å². The van der Waals surface area contributed by atoms with E-state index in [1.165, 1.54) is 0 Å². The van der Waals surface area contributed by atoms with Crippen molar-refractivity contribution in [1.82, 2.24) is 9.97 Å². The standard InChI is InChI=1S/C10H8N2O/c13-7-8-4-9(6-11-5-8)10-2-1-3-12-10/h1-7,12H. The van der Waals surface area contributed by atoms with Gasteiger partial charge in [-0.15, -0.1) is 0 Å². The largest absolute Gasteiger partial charge is 0.361 e. The van der Waals surface area contributed by atoms with Crippen LogP contribution in [0, 0.1) is 0 Å². The van der Waals surface area contributed by atoms with Gasteiger partial charge in [-0.1, -0.05) is 0 Å². The van der Waals surface area contributed by atoms with Gasteiger partial charge in [0.15, 0.2) is 6.29 Å². The van der Waals surface area contributed by atoms with Crippen LogP contribution in [0.4, 0.5) is 0 Å². The van der Waals surface area contributed by atoms with Crippen molar-refractivity contribution < 1.29 is 4.79 Å². The number of H-pyrrole nitrogens is 1. The van der Waals surface area contributed by atoms with Crippen LogP contribution in [0.25, 0.3) is 11.3 Å². The minimum Gasteiger partial charge on any atom is -0.361 e. The number of nitrogens with one attached hydrogen (secondary N) is 1. The molecule has 0 fully saturated rings. The molecular weight excluding hydrogens is 164 g/mol. The van der Waals surface area contributed by atoms with Crippen LogP contribution in [0.1, 0.15) is 10.4 Å². The van der Waals surface area contributed by atoms with E-state index >= 15 is 0 Å². The van der Waals surface area contributed by atoms with Gasteiger partial charge in [0.05, 0.1) is 0 Å². The molecule has 0 saturated carbocycles. The Kier molecular flexibility index (Phi) is 1.92. The fraction of sp³-hybridized carbons (Fsp3) is 0. The molecule has 1 N–H and O–H groups in total. The zero-order chi connectivity index (χ0) is 9.10. The number of carbonyl (C=O) groups excluding carboxylic acids is 1. The van der Waals surface area contributed by atoms with Crippen molar-refractivity contribution >= 4 is 6.29 Å². The van der Waals surface area contributed by atoms with Gasteiger partial charge in [0.1, 0.15) is 0 Å². The first-order chi connectivity index (χ1) is 6.40. The van der Waals surface area contributed by atoms with E-state index in [1.807, 2.05) is 18.3 Å². The molecule has 2 aromatic heterocycles. The molecule has 0 unspecified atom stereocenters. The Balaban J connectivity index is 2.47. The van der Waals surface area contributed by atoms with Crippen molar-refractivity contribution in [3.63, 3.8) is 0 Å². The van der Waals surface area contributed by atoms with Gasteiger partial charge in [-0.05, 0) is 18.2 Å². The van der Waals surface area contributed by atoms with Crippen LogP contribution in [-0.2, 0) is 0 Å². The first-order valence-electron chi connectivity index (χ1n) is 3.94. The summed E-state index contributed by atoms with van der Waals surface area (Å²) in [6.07, 6.45) is 5.89. The first kappa shape index (κ1) is 7.73. The van der Waals surface area contributed by atoms with E-state index in [4.69, 9.17) is 0 Å². The van der Waals surface area contributed by atoms with E-state index in [9.17, 15) is 4.79 Å². The maximum absolute atomic E-state index is 10.5. The molecule has 0 atom stereocenters. The van der Waals surface area contributed by atoms with Gasteiger partial charge >= 0.3 is 0 Å². The van der Waals surface area contributed by atoms with Crippen LogP contribution >= 0.6 is 0 Å². The zero-order valence-electron chi connectivity index (χ0n) is 6.90. The van der Waals surface area contributed by atoms with Crippen LogP contribution in [0.15, 0.2) is 36.8 Å². The third-order valence-electron chi connectivity index (χ3n) is 1.80. The summed E-state index contributed by atoms with van der Waals surface area (Å²) in [5.74, 6) is 0. The van der Waals surface area contributed by atoms with Crippen molar-refractivity contribution in [3.05, 3.63) is 42.4 Å². The SMILES string of the molecule is O=Cc1cncc(-c2ccc[nH]2)c1. The van der Waals surface area contributed by atoms with Gasteiger partial charge < -0.3 is 4.98 Å². The zero-order valence-corrected chi connectivity index (χ0v) is 6.90. The van der Waals surface area contributed by atoms with Crippen molar-refractivity contribution in [3.8, 4) is 11.3 Å². The van der Waals surface area contributed by atoms with Crippen molar-refractivity contribution in [2.75, 3.05) is 0 Å². The lowest BCUT2D eigenvalue weighted by Crippen LogP contribution is -1.84. The summed E-state index contributed by atoms with van der Waals surface area (Å²) < 4.78 is 0. The molecule has 3 nitrogen and oxygen atoms in total. The number of rotatable bonds is 2. The summed E-state index contributed by atoms with van der Waals surface area (Å²) in [5.41, 5.74) is 2.48. The van der Waals surface area contributed by atoms with E-state index in [0.717, 1.165) is 17.5 Å². The third-order valence-corrected chi connectivity index (χ3v) is 1.80. The fourth-order valence-corrected chi connectivity index (χ4v) is 1.18. The summed E-state index contributed by atoms with van der Waals surface area (Å²) in [4.78, 5) is 17.5. The van der Waals surface area contributed by atoms with E-state index in [1.54, 1.807) is 18.5 Å². The monoisotopic (exact) mass is 172 g/mol. The predicted molar refractivity (Wildman–Crippen MR) is 49.4 cm³/mol. The fourth-order valence-electron chi connectivity index (χ4n) is 1.18. The average Bonchev–Trinajstić information content (AvgIpc) is 2.71. The Morgan fingerprint density at radius 3 is 3.00 bits per heavy atom. The van der Waals surface area contributed by atoms with Crippen molar-refractivity contribution in [2.24, 2.45) is 0 Å². The molecule has 0 aliphatic rings. The highest BCUT2D eigenvalue weighted by Gasteiger charge is 1.98. The van der Waals surface area contributed by atoms with Crippen LogP contribution < -0.4 is 0 Å². The van der Waals surface area contributed by atoms with Gasteiger partial charge in [-0.3, -0.25) is 9.78 Å². The van der Waals surface area contributed by atoms with E-state index in [-0.39, 0.29) is 0 Å². The molecule has 0 spiro atoms. The van der Waals surface area contributed by atoms with E-state index in [0.29, 0.717) is 5.56 Å². The van der Waals surface area contributed by atoms with Gasteiger partial charge in [0, 0.05) is 35.4 Å². The number of hydrogen-bond acceptors (Lipinski definition) is 2. The number of nitrogens with zero attached hydrogens (tertiary/aromatic N) is 1. The smallest absolute Gasteiger partial charge is 0.151 e. The van der Waals surface area contributed by atoms with Gasteiger partial charge in [-0.25, -0.2) is 0 Å². The van der Waals surface area contributed by atoms with Gasteiger partial charge in [-0.2, -0.15) is 0 Å². The maximum Gasteiger partial charge on any atom is 0.151 e. The van der Waals surface area contributed by atoms with Crippen LogP contribution in [0.2, 0.25) is 0 Å². The van der Waals surface area contributed by atoms with Crippen molar-refractivity contribution in [2.45, 2.75) is 0 Å². The molecule has 0 aliphatic carbocycles. The number of pyridine rings is 1. The second-order valence-electron chi connectivity index (χ2n) is 2.71. The molecule has 2 aromatic rings. The molecule has 2 heterocycles. The van der Waals surface area contributed by atoms with E-state index < -0.39 is 0 Å². The quantitative estimate of drug-likeness (QED) is 0.703. The first-order valence-corrected chi connectivity index (χ1v) is 3.94. The Bertz CT molecular complexity index is 407. The molecule has 3 heteroatoms. The predicted octanol–water partition coefficient (Wildman–Crippen LogP) is 1.89. The molecule has 0 amide bonds. The lowest BCUT2D eigenvalue weighted by molar-refractivity contribution is 0.112. The Morgan fingerprint density at radius 2 is 2.31 bits per heavy atom. The van der Waals surface area contributed by atoms with Gasteiger partial charge in [0.2, 0.25) is 0 Å². The summed E-state index contributed by atoms with van der Waals surface area (Å²) in [6.45, 7) is 0. The second-order valence-corrected chi connectivity index (χ2v) is 2.71. The number of aldehydes is 1. The molecular formula is C10H8N2O. The summed E-state index contributed by atoms with van der Waals surface area (Å²) in [6, 6.07) is 5.64. The average molecular weight is 172 g/mol. The number of aromatic amines is 1. The highest BCUT2D eigenvalue weighted by atomic mass is 16.1. The molecule has 0 bridgehead atoms. The molecule has 2 rings (SSSR count). The number of aromatic nitrogens is 2. The van der Waals surface area contributed by atoms with Crippen LogP contribution in [0.3, 0.4) is 0 Å². The summed E-state index contributed by atoms with van der Waals surface area (Å²) in [7, 11) is 0. The van der Waals surface area contributed by atoms with Crippen LogP contribution in [0.5, 0.6) is 0 Å². The molecule has 64 valence electrons. The molecule has 0 aliphatic heterocycles. The third kappa shape index (κ3) is 1.49. The summed E-state index contributed by atoms with van der Waals surface area (Å²) in [5, 5.41) is 0. The van der Waals surface area contributed by atoms with E-state index in [2.05, 4.69) is 9.97 Å². The molecule has 0 saturated heterocycles. The Labute approximate surface area is 75.4 Å². The Morgan fingerprint density at radius 1 is 1.38 bits per heavy atom. The lowest BCUT2D eigenvalue weighted by atomic mass is 10.2. The minimum atomic E-state index is 0.590. The highest BCUT2D eigenvalue weighted by molar-refractivity contribution is 5.77. The number of hydrogen-bond donors (Lipinski definition) is 1. The molecule has 0 radical (unpaired) electrons.